The summed E-state index contributed by atoms with van der Waals surface area (Å²) >= 11 is 0. The molecule has 3 aliphatic carbocycles. The van der Waals surface area contributed by atoms with Crippen molar-refractivity contribution >= 4 is 21.7 Å². The van der Waals surface area contributed by atoms with Crippen LogP contribution in [-0.4, -0.2) is 44.7 Å². The van der Waals surface area contributed by atoms with E-state index in [-0.39, 0.29) is 5.75 Å². The highest BCUT2D eigenvalue weighted by atomic mass is 32.2. The van der Waals surface area contributed by atoms with Crippen molar-refractivity contribution in [2.45, 2.75) is 63.8 Å². The maximum absolute atomic E-state index is 12.4. The molecule has 3 aliphatic rings. The molecule has 0 bridgehead atoms. The number of carbonyl (C=O) groups is 1. The number of hydrogen-bond acceptors (Lipinski definition) is 4. The molecule has 2 amide bonds. The van der Waals surface area contributed by atoms with Gasteiger partial charge in [0.25, 0.3) is 0 Å². The van der Waals surface area contributed by atoms with Gasteiger partial charge < -0.3 is 10.2 Å². The van der Waals surface area contributed by atoms with Crippen LogP contribution in [0.4, 0.5) is 10.5 Å². The molecule has 1 saturated carbocycles. The number of carbonyl (C=O) groups excluding carboxylic acids is 1. The zero-order valence-electron chi connectivity index (χ0n) is 16.0. The highest BCUT2D eigenvalue weighted by Gasteiger charge is 2.27. The minimum absolute atomic E-state index is 0.0253. The van der Waals surface area contributed by atoms with Gasteiger partial charge in [-0.3, -0.25) is 0 Å². The third-order valence-electron chi connectivity index (χ3n) is 6.05. The maximum atomic E-state index is 12.4. The number of benzene rings is 1. The Labute approximate surface area is 161 Å². The number of fused-ring (bicyclic) bond motifs is 2. The molecule has 4 rings (SSSR count). The molecule has 148 valence electrons. The second kappa shape index (κ2) is 7.43. The van der Waals surface area contributed by atoms with Gasteiger partial charge in [-0.25, -0.2) is 17.9 Å². The first-order valence-corrected chi connectivity index (χ1v) is 11.8. The molecule has 1 aromatic carbocycles. The van der Waals surface area contributed by atoms with Gasteiger partial charge in [0.15, 0.2) is 0 Å². The number of sulfonamides is 1. The Morgan fingerprint density at radius 1 is 1.11 bits per heavy atom. The SMILES string of the molecule is CN(CCCS(=O)(=O)NC(=O)Nc1c2c(cc3c1CCC3)CCC2)C1CC1. The average Bonchev–Trinajstić information content (AvgIpc) is 3.16. The number of aryl methyl sites for hydroxylation is 2. The lowest BCUT2D eigenvalue weighted by molar-refractivity contribution is 0.256. The molecule has 0 aliphatic heterocycles. The van der Waals surface area contributed by atoms with Crippen molar-refractivity contribution in [2.24, 2.45) is 0 Å². The second-order valence-corrected chi connectivity index (χ2v) is 10.0. The van der Waals surface area contributed by atoms with E-state index in [4.69, 9.17) is 0 Å². The van der Waals surface area contributed by atoms with Gasteiger partial charge in [-0.15, -0.1) is 0 Å². The van der Waals surface area contributed by atoms with Gasteiger partial charge in [-0.05, 0) is 93.6 Å². The molecule has 7 heteroatoms. The first-order valence-electron chi connectivity index (χ1n) is 10.1. The van der Waals surface area contributed by atoms with E-state index >= 15 is 0 Å². The lowest BCUT2D eigenvalue weighted by Crippen LogP contribution is -2.37. The summed E-state index contributed by atoms with van der Waals surface area (Å²) in [6, 6.07) is 2.28. The molecule has 2 N–H and O–H groups in total. The highest BCUT2D eigenvalue weighted by molar-refractivity contribution is 7.90. The summed E-state index contributed by atoms with van der Waals surface area (Å²) in [6.45, 7) is 0.743. The number of nitrogens with one attached hydrogen (secondary N) is 2. The normalized spacial score (nSPS) is 18.4. The van der Waals surface area contributed by atoms with Crippen LogP contribution < -0.4 is 10.0 Å². The van der Waals surface area contributed by atoms with Crippen LogP contribution in [0.15, 0.2) is 6.07 Å². The van der Waals surface area contributed by atoms with Crippen LogP contribution in [0.25, 0.3) is 0 Å². The van der Waals surface area contributed by atoms with E-state index in [1.807, 2.05) is 7.05 Å². The van der Waals surface area contributed by atoms with E-state index in [2.05, 4.69) is 21.0 Å². The topological polar surface area (TPSA) is 78.5 Å². The third kappa shape index (κ3) is 4.29. The van der Waals surface area contributed by atoms with E-state index in [1.165, 1.54) is 35.1 Å². The fourth-order valence-electron chi connectivity index (χ4n) is 4.50. The second-order valence-electron chi connectivity index (χ2n) is 8.17. The minimum atomic E-state index is -3.62. The number of urea groups is 1. The van der Waals surface area contributed by atoms with Gasteiger partial charge in [-0.2, -0.15) is 0 Å². The van der Waals surface area contributed by atoms with Crippen LogP contribution in [0.3, 0.4) is 0 Å². The molecule has 1 aromatic rings. The van der Waals surface area contributed by atoms with Gasteiger partial charge >= 0.3 is 6.03 Å². The van der Waals surface area contributed by atoms with Crippen LogP contribution in [0.5, 0.6) is 0 Å². The Balaban J connectivity index is 1.38. The van der Waals surface area contributed by atoms with Crippen molar-refractivity contribution in [3.8, 4) is 0 Å². The number of amides is 2. The summed E-state index contributed by atoms with van der Waals surface area (Å²) in [5.41, 5.74) is 5.91. The summed E-state index contributed by atoms with van der Waals surface area (Å²) in [5.74, 6) is -0.0253. The van der Waals surface area contributed by atoms with Crippen molar-refractivity contribution in [3.05, 3.63) is 28.3 Å². The van der Waals surface area contributed by atoms with Crippen LogP contribution in [0.2, 0.25) is 0 Å². The standard InChI is InChI=1S/C20H29N3O3S/c1-23(16-9-10-16)11-4-12-27(25,26)22-20(24)21-19-17-7-2-5-14(17)13-15-6-3-8-18(15)19/h13,16H,2-12H2,1H3,(H2,21,22,24). The Bertz CT molecular complexity index is 814. The average molecular weight is 392 g/mol. The fourth-order valence-corrected chi connectivity index (χ4v) is 5.45. The van der Waals surface area contributed by atoms with Crippen molar-refractivity contribution in [2.75, 3.05) is 24.7 Å². The van der Waals surface area contributed by atoms with E-state index < -0.39 is 16.1 Å². The number of nitrogens with zero attached hydrogens (tertiary/aromatic N) is 1. The Hall–Kier alpha value is -1.60. The predicted octanol–water partition coefficient (Wildman–Crippen LogP) is 2.60. The number of anilines is 1. The monoisotopic (exact) mass is 391 g/mol. The predicted molar refractivity (Wildman–Crippen MR) is 107 cm³/mol. The summed E-state index contributed by atoms with van der Waals surface area (Å²) in [7, 11) is -1.59. The Morgan fingerprint density at radius 3 is 2.33 bits per heavy atom. The Kier molecular flexibility index (Phi) is 5.16. The van der Waals surface area contributed by atoms with Gasteiger partial charge in [0.05, 0.1) is 5.75 Å². The smallest absolute Gasteiger partial charge is 0.307 e. The molecule has 0 spiro atoms. The Morgan fingerprint density at radius 2 is 1.74 bits per heavy atom. The molecule has 0 atom stereocenters. The molecule has 0 saturated heterocycles. The van der Waals surface area contributed by atoms with Crippen LogP contribution in [0, 0.1) is 0 Å². The van der Waals surface area contributed by atoms with Gasteiger partial charge in [0.1, 0.15) is 0 Å². The van der Waals surface area contributed by atoms with Gasteiger partial charge in [0.2, 0.25) is 10.0 Å². The van der Waals surface area contributed by atoms with E-state index in [1.54, 1.807) is 0 Å². The van der Waals surface area contributed by atoms with Crippen molar-refractivity contribution < 1.29 is 13.2 Å². The zero-order valence-corrected chi connectivity index (χ0v) is 16.8. The fraction of sp³-hybridized carbons (Fsp3) is 0.650. The quantitative estimate of drug-likeness (QED) is 0.749. The largest absolute Gasteiger partial charge is 0.332 e. The minimum Gasteiger partial charge on any atom is -0.307 e. The number of hydrogen-bond donors (Lipinski definition) is 2. The van der Waals surface area contributed by atoms with Crippen LogP contribution in [-0.2, 0) is 35.7 Å². The number of rotatable bonds is 7. The molecular weight excluding hydrogens is 362 g/mol. The van der Waals surface area contributed by atoms with Gasteiger partial charge in [-0.1, -0.05) is 6.07 Å². The summed E-state index contributed by atoms with van der Waals surface area (Å²) in [5, 5.41) is 2.89. The van der Waals surface area contributed by atoms with Crippen molar-refractivity contribution in [1.82, 2.24) is 9.62 Å². The molecule has 0 aromatic heterocycles. The lowest BCUT2D eigenvalue weighted by Gasteiger charge is -2.17. The van der Waals surface area contributed by atoms with E-state index in [0.29, 0.717) is 12.5 Å². The first kappa shape index (κ1) is 18.7. The van der Waals surface area contributed by atoms with Crippen LogP contribution in [0.1, 0.15) is 54.4 Å². The molecule has 0 radical (unpaired) electrons. The molecular formula is C20H29N3O3S. The third-order valence-corrected chi connectivity index (χ3v) is 7.38. The summed E-state index contributed by atoms with van der Waals surface area (Å²) in [6.07, 6.45) is 9.15. The van der Waals surface area contributed by atoms with Crippen LogP contribution >= 0.6 is 0 Å². The maximum Gasteiger partial charge on any atom is 0.332 e. The highest BCUT2D eigenvalue weighted by Crippen LogP contribution is 2.38. The molecule has 0 heterocycles. The van der Waals surface area contributed by atoms with E-state index in [9.17, 15) is 13.2 Å². The zero-order chi connectivity index (χ0) is 19.0. The first-order chi connectivity index (χ1) is 12.9. The summed E-state index contributed by atoms with van der Waals surface area (Å²) < 4.78 is 26.8. The molecule has 27 heavy (non-hydrogen) atoms. The molecule has 1 fully saturated rings. The van der Waals surface area contributed by atoms with Crippen molar-refractivity contribution in [1.29, 1.82) is 0 Å². The molecule has 0 unspecified atom stereocenters. The van der Waals surface area contributed by atoms with Gasteiger partial charge in [0, 0.05) is 11.7 Å². The van der Waals surface area contributed by atoms with Crippen molar-refractivity contribution in [3.63, 3.8) is 0 Å². The van der Waals surface area contributed by atoms with E-state index in [0.717, 1.165) is 50.8 Å². The lowest BCUT2D eigenvalue weighted by atomic mass is 9.99. The summed E-state index contributed by atoms with van der Waals surface area (Å²) in [4.78, 5) is 14.6. The molecule has 6 nitrogen and oxygen atoms in total.